The highest BCUT2D eigenvalue weighted by atomic mass is 16.4. The zero-order valence-corrected chi connectivity index (χ0v) is 11.9. The summed E-state index contributed by atoms with van der Waals surface area (Å²) in [7, 11) is 0. The lowest BCUT2D eigenvalue weighted by Gasteiger charge is -2.33. The number of amides is 1. The molecule has 1 saturated carbocycles. The summed E-state index contributed by atoms with van der Waals surface area (Å²) in [5.74, 6) is -1.09. The number of carbonyl (C=O) groups is 2. The van der Waals surface area contributed by atoms with E-state index in [-0.39, 0.29) is 17.2 Å². The fraction of sp³-hybridized carbons (Fsp3) is 0.857. The molecule has 4 heteroatoms. The maximum atomic E-state index is 12.3. The molecule has 0 aliphatic heterocycles. The van der Waals surface area contributed by atoms with E-state index in [1.54, 1.807) is 13.8 Å². The van der Waals surface area contributed by atoms with Crippen LogP contribution in [0.15, 0.2) is 0 Å². The highest BCUT2D eigenvalue weighted by molar-refractivity contribution is 5.88. The summed E-state index contributed by atoms with van der Waals surface area (Å²) >= 11 is 0. The van der Waals surface area contributed by atoms with Crippen LogP contribution in [-0.2, 0) is 9.59 Å². The van der Waals surface area contributed by atoms with Crippen LogP contribution in [-0.4, -0.2) is 22.5 Å². The number of aliphatic carboxylic acids is 1. The van der Waals surface area contributed by atoms with Crippen LogP contribution < -0.4 is 5.32 Å². The monoisotopic (exact) mass is 255 g/mol. The Balaban J connectivity index is 2.83. The molecule has 0 radical (unpaired) electrons. The first-order chi connectivity index (χ1) is 8.29. The molecule has 0 saturated heterocycles. The van der Waals surface area contributed by atoms with Gasteiger partial charge in [-0.05, 0) is 31.1 Å². The lowest BCUT2D eigenvalue weighted by molar-refractivity contribution is -0.149. The molecule has 2 N–H and O–H groups in total. The minimum absolute atomic E-state index is 0.0180. The molecule has 1 amide bonds. The van der Waals surface area contributed by atoms with E-state index in [1.807, 2.05) is 0 Å². The second kappa shape index (κ2) is 5.29. The van der Waals surface area contributed by atoms with Crippen molar-refractivity contribution in [2.24, 2.45) is 11.3 Å². The number of carboxylic acids is 1. The normalized spacial score (nSPS) is 22.8. The minimum atomic E-state index is -1.10. The summed E-state index contributed by atoms with van der Waals surface area (Å²) in [5, 5.41) is 12.1. The van der Waals surface area contributed by atoms with E-state index < -0.39 is 11.5 Å². The fourth-order valence-electron chi connectivity index (χ4n) is 2.92. The minimum Gasteiger partial charge on any atom is -0.480 e. The Morgan fingerprint density at radius 1 is 1.33 bits per heavy atom. The molecule has 0 aromatic carbocycles. The van der Waals surface area contributed by atoms with E-state index in [2.05, 4.69) is 19.2 Å². The van der Waals surface area contributed by atoms with Crippen molar-refractivity contribution in [2.75, 3.05) is 0 Å². The van der Waals surface area contributed by atoms with E-state index in [9.17, 15) is 14.7 Å². The number of hydrogen-bond donors (Lipinski definition) is 2. The largest absolute Gasteiger partial charge is 0.480 e. The van der Waals surface area contributed by atoms with Gasteiger partial charge in [0.1, 0.15) is 5.54 Å². The molecule has 4 nitrogen and oxygen atoms in total. The van der Waals surface area contributed by atoms with Gasteiger partial charge in [-0.25, -0.2) is 4.79 Å². The van der Waals surface area contributed by atoms with E-state index in [4.69, 9.17) is 0 Å². The molecule has 0 heterocycles. The number of rotatable bonds is 5. The highest BCUT2D eigenvalue weighted by Gasteiger charge is 2.43. The maximum Gasteiger partial charge on any atom is 0.329 e. The Morgan fingerprint density at radius 3 is 2.22 bits per heavy atom. The van der Waals surface area contributed by atoms with Gasteiger partial charge in [-0.1, -0.05) is 34.1 Å². The fourth-order valence-corrected chi connectivity index (χ4v) is 2.92. The predicted octanol–water partition coefficient (Wildman–Crippen LogP) is 2.57. The van der Waals surface area contributed by atoms with Crippen molar-refractivity contribution in [1.29, 1.82) is 0 Å². The molecule has 18 heavy (non-hydrogen) atoms. The molecule has 104 valence electrons. The van der Waals surface area contributed by atoms with Gasteiger partial charge in [0, 0.05) is 5.92 Å². The zero-order valence-electron chi connectivity index (χ0n) is 11.9. The Kier molecular flexibility index (Phi) is 4.41. The molecule has 0 aromatic rings. The van der Waals surface area contributed by atoms with Crippen molar-refractivity contribution in [3.63, 3.8) is 0 Å². The van der Waals surface area contributed by atoms with Gasteiger partial charge in [0.2, 0.25) is 5.91 Å². The van der Waals surface area contributed by atoms with Gasteiger partial charge in [0.25, 0.3) is 0 Å². The van der Waals surface area contributed by atoms with Gasteiger partial charge in [0.15, 0.2) is 0 Å². The van der Waals surface area contributed by atoms with Crippen molar-refractivity contribution in [2.45, 2.75) is 65.3 Å². The molecular weight excluding hydrogens is 230 g/mol. The Labute approximate surface area is 109 Å². The van der Waals surface area contributed by atoms with Crippen molar-refractivity contribution in [3.8, 4) is 0 Å². The Morgan fingerprint density at radius 2 is 1.89 bits per heavy atom. The molecule has 1 aliphatic rings. The van der Waals surface area contributed by atoms with Crippen LogP contribution in [0.25, 0.3) is 0 Å². The van der Waals surface area contributed by atoms with Gasteiger partial charge in [0.05, 0.1) is 0 Å². The summed E-state index contributed by atoms with van der Waals surface area (Å²) in [6.07, 6.45) is 3.77. The molecule has 1 fully saturated rings. The van der Waals surface area contributed by atoms with Gasteiger partial charge in [-0.3, -0.25) is 4.79 Å². The zero-order chi connectivity index (χ0) is 14.0. The van der Waals surface area contributed by atoms with E-state index in [0.717, 1.165) is 19.3 Å². The van der Waals surface area contributed by atoms with E-state index in [1.165, 1.54) is 0 Å². The van der Waals surface area contributed by atoms with E-state index >= 15 is 0 Å². The molecule has 1 atom stereocenters. The summed E-state index contributed by atoms with van der Waals surface area (Å²) in [6, 6.07) is 0. The van der Waals surface area contributed by atoms with Crippen LogP contribution in [0.4, 0.5) is 0 Å². The summed E-state index contributed by atoms with van der Waals surface area (Å²) in [4.78, 5) is 23.7. The van der Waals surface area contributed by atoms with Gasteiger partial charge in [-0.15, -0.1) is 0 Å². The molecule has 0 spiro atoms. The molecule has 1 aliphatic carbocycles. The molecule has 0 aromatic heterocycles. The van der Waals surface area contributed by atoms with Crippen molar-refractivity contribution in [1.82, 2.24) is 5.32 Å². The average molecular weight is 255 g/mol. The lowest BCUT2D eigenvalue weighted by atomic mass is 9.80. The summed E-state index contributed by atoms with van der Waals surface area (Å²) in [6.45, 7) is 7.78. The quantitative estimate of drug-likeness (QED) is 0.793. The topological polar surface area (TPSA) is 66.4 Å². The van der Waals surface area contributed by atoms with Crippen LogP contribution in [0.5, 0.6) is 0 Å². The summed E-state index contributed by atoms with van der Waals surface area (Å²) < 4.78 is 0. The second-order valence-electron chi connectivity index (χ2n) is 6.02. The first-order valence-electron chi connectivity index (χ1n) is 6.84. The van der Waals surface area contributed by atoms with Crippen LogP contribution in [0.2, 0.25) is 0 Å². The third kappa shape index (κ3) is 2.68. The van der Waals surface area contributed by atoms with Crippen molar-refractivity contribution < 1.29 is 14.7 Å². The third-order valence-corrected chi connectivity index (χ3v) is 4.55. The number of nitrogens with one attached hydrogen (secondary N) is 1. The second-order valence-corrected chi connectivity index (χ2v) is 6.02. The number of carbonyl (C=O) groups excluding carboxylic acids is 1. The Bertz CT molecular complexity index is 332. The van der Waals surface area contributed by atoms with Gasteiger partial charge >= 0.3 is 5.97 Å². The standard InChI is InChI=1S/C14H25NO3/c1-5-14(6-2,12(17)18)15-11(16)10-8-7-9-13(10,3)4/h10H,5-9H2,1-4H3,(H,15,16)(H,17,18). The SMILES string of the molecule is CCC(CC)(NC(=O)C1CCCC1(C)C)C(=O)O. The van der Waals surface area contributed by atoms with Crippen LogP contribution in [0.1, 0.15) is 59.8 Å². The number of carboxylic acid groups (broad SMARTS) is 1. The molecule has 0 bridgehead atoms. The van der Waals surface area contributed by atoms with Crippen LogP contribution >= 0.6 is 0 Å². The predicted molar refractivity (Wildman–Crippen MR) is 70.2 cm³/mol. The van der Waals surface area contributed by atoms with Crippen molar-refractivity contribution >= 4 is 11.9 Å². The Hall–Kier alpha value is -1.06. The molecular formula is C14H25NO3. The molecule has 1 rings (SSSR count). The summed E-state index contributed by atoms with van der Waals surface area (Å²) in [5.41, 5.74) is -1.12. The van der Waals surface area contributed by atoms with Gasteiger partial charge in [-0.2, -0.15) is 0 Å². The highest BCUT2D eigenvalue weighted by Crippen LogP contribution is 2.42. The average Bonchev–Trinajstić information content (AvgIpc) is 2.65. The first kappa shape index (κ1) is 15.0. The van der Waals surface area contributed by atoms with Crippen molar-refractivity contribution in [3.05, 3.63) is 0 Å². The molecule has 1 unspecified atom stereocenters. The number of hydrogen-bond acceptors (Lipinski definition) is 2. The van der Waals surface area contributed by atoms with E-state index in [0.29, 0.717) is 12.8 Å². The first-order valence-corrected chi connectivity index (χ1v) is 6.84. The lowest BCUT2D eigenvalue weighted by Crippen LogP contribution is -2.56. The van der Waals surface area contributed by atoms with Crippen LogP contribution in [0, 0.1) is 11.3 Å². The smallest absolute Gasteiger partial charge is 0.329 e. The maximum absolute atomic E-state index is 12.3. The third-order valence-electron chi connectivity index (χ3n) is 4.55. The van der Waals surface area contributed by atoms with Crippen LogP contribution in [0.3, 0.4) is 0 Å². The van der Waals surface area contributed by atoms with Gasteiger partial charge < -0.3 is 10.4 Å².